The van der Waals surface area contributed by atoms with Gasteiger partial charge in [-0.2, -0.15) is 0 Å². The molecule has 0 atom stereocenters. The molecule has 4 rings (SSSR count). The summed E-state index contributed by atoms with van der Waals surface area (Å²) in [5, 5.41) is 2.73. The third-order valence-corrected chi connectivity index (χ3v) is 5.09. The minimum absolute atomic E-state index is 0.307. The van der Waals surface area contributed by atoms with Crippen LogP contribution in [0.25, 0.3) is 22.9 Å². The highest BCUT2D eigenvalue weighted by Gasteiger charge is 2.15. The first-order valence-electron chi connectivity index (χ1n) is 9.46. The van der Waals surface area contributed by atoms with E-state index < -0.39 is 5.97 Å². The zero-order chi connectivity index (χ0) is 20.9. The zero-order valence-electron chi connectivity index (χ0n) is 16.3. The van der Waals surface area contributed by atoms with Gasteiger partial charge in [0.2, 0.25) is 0 Å². The van der Waals surface area contributed by atoms with E-state index in [9.17, 15) is 4.79 Å². The summed E-state index contributed by atoms with van der Waals surface area (Å²) in [4.78, 5) is 12.4. The lowest BCUT2D eigenvalue weighted by molar-refractivity contribution is 0.0730. The number of hydrogen-bond donors (Lipinski definition) is 0. The quantitative estimate of drug-likeness (QED) is 0.202. The van der Waals surface area contributed by atoms with Crippen molar-refractivity contribution in [3.63, 3.8) is 0 Å². The highest BCUT2D eigenvalue weighted by atomic mass is 35.5. The Bertz CT molecular complexity index is 1240. The number of fused-ring (bicyclic) bond motifs is 1. The van der Waals surface area contributed by atoms with Gasteiger partial charge in [-0.15, -0.1) is 0 Å². The number of methoxy groups -OCH3 is 1. The van der Waals surface area contributed by atoms with E-state index in [4.69, 9.17) is 21.1 Å². The van der Waals surface area contributed by atoms with Crippen molar-refractivity contribution in [2.75, 3.05) is 7.11 Å². The Morgan fingerprint density at radius 2 is 1.60 bits per heavy atom. The van der Waals surface area contributed by atoms with Crippen LogP contribution in [0.15, 0.2) is 84.9 Å². The molecule has 0 amide bonds. The van der Waals surface area contributed by atoms with Crippen molar-refractivity contribution < 1.29 is 14.3 Å². The molecule has 4 aromatic carbocycles. The molecule has 30 heavy (non-hydrogen) atoms. The average Bonchev–Trinajstić information content (AvgIpc) is 2.78. The van der Waals surface area contributed by atoms with Crippen molar-refractivity contribution in [2.45, 2.75) is 0 Å². The Morgan fingerprint density at radius 3 is 2.43 bits per heavy atom. The summed E-state index contributed by atoms with van der Waals surface area (Å²) in [6.45, 7) is 0. The summed E-state index contributed by atoms with van der Waals surface area (Å²) in [6, 6.07) is 26.7. The molecule has 0 heterocycles. The van der Waals surface area contributed by atoms with Crippen LogP contribution in [0.2, 0.25) is 5.02 Å². The highest BCUT2D eigenvalue weighted by Crippen LogP contribution is 2.30. The fourth-order valence-electron chi connectivity index (χ4n) is 3.24. The second-order valence-corrected chi connectivity index (χ2v) is 7.09. The molecule has 148 valence electrons. The maximum Gasteiger partial charge on any atom is 0.345 e. The van der Waals surface area contributed by atoms with Gasteiger partial charge in [-0.25, -0.2) is 4.79 Å². The Hall–Kier alpha value is -3.56. The van der Waals surface area contributed by atoms with E-state index in [0.29, 0.717) is 22.1 Å². The van der Waals surface area contributed by atoms with Crippen LogP contribution in [0.4, 0.5) is 0 Å². The van der Waals surface area contributed by atoms with E-state index in [1.165, 1.54) is 10.8 Å². The van der Waals surface area contributed by atoms with Gasteiger partial charge in [0.1, 0.15) is 0 Å². The van der Waals surface area contributed by atoms with Gasteiger partial charge in [-0.1, -0.05) is 84.4 Å². The van der Waals surface area contributed by atoms with Crippen LogP contribution in [-0.4, -0.2) is 13.1 Å². The number of rotatable bonds is 5. The van der Waals surface area contributed by atoms with Gasteiger partial charge in [0.05, 0.1) is 17.7 Å². The predicted octanol–water partition coefficient (Wildman–Crippen LogP) is 6.89. The SMILES string of the molecule is COc1cc(C=Cc2cccc3ccccc23)ccc1OC(=O)c1ccccc1Cl. The van der Waals surface area contributed by atoms with E-state index in [0.717, 1.165) is 11.1 Å². The van der Waals surface area contributed by atoms with Crippen LogP contribution < -0.4 is 9.47 Å². The third-order valence-electron chi connectivity index (χ3n) is 4.76. The zero-order valence-corrected chi connectivity index (χ0v) is 17.1. The number of esters is 1. The lowest BCUT2D eigenvalue weighted by Gasteiger charge is -2.10. The minimum Gasteiger partial charge on any atom is -0.493 e. The van der Waals surface area contributed by atoms with Crippen molar-refractivity contribution >= 4 is 40.5 Å². The largest absolute Gasteiger partial charge is 0.493 e. The highest BCUT2D eigenvalue weighted by molar-refractivity contribution is 6.33. The van der Waals surface area contributed by atoms with Gasteiger partial charge in [-0.05, 0) is 46.2 Å². The Labute approximate surface area is 180 Å². The van der Waals surface area contributed by atoms with E-state index in [1.54, 1.807) is 37.4 Å². The Balaban J connectivity index is 1.58. The lowest BCUT2D eigenvalue weighted by Crippen LogP contribution is -2.09. The molecular formula is C26H19ClO3. The number of carbonyl (C=O) groups excluding carboxylic acids is 1. The predicted molar refractivity (Wildman–Crippen MR) is 122 cm³/mol. The second-order valence-electron chi connectivity index (χ2n) is 6.68. The monoisotopic (exact) mass is 414 g/mol. The summed E-state index contributed by atoms with van der Waals surface area (Å²) in [6.07, 6.45) is 4.07. The molecule has 0 saturated heterocycles. The maximum atomic E-state index is 12.4. The molecular weight excluding hydrogens is 396 g/mol. The summed E-state index contributed by atoms with van der Waals surface area (Å²) in [7, 11) is 1.54. The molecule has 0 aliphatic carbocycles. The molecule has 4 heteroatoms. The average molecular weight is 415 g/mol. The van der Waals surface area contributed by atoms with Gasteiger partial charge >= 0.3 is 5.97 Å². The lowest BCUT2D eigenvalue weighted by atomic mass is 10.0. The molecule has 0 aromatic heterocycles. The first-order chi connectivity index (χ1) is 14.7. The van der Waals surface area contributed by atoms with Crippen molar-refractivity contribution in [3.05, 3.63) is 107 Å². The first-order valence-corrected chi connectivity index (χ1v) is 9.84. The van der Waals surface area contributed by atoms with E-state index in [1.807, 2.05) is 36.4 Å². The molecule has 0 aliphatic rings. The van der Waals surface area contributed by atoms with Gasteiger partial charge in [0.25, 0.3) is 0 Å². The Kier molecular flexibility index (Phi) is 5.82. The summed E-state index contributed by atoms with van der Waals surface area (Å²) < 4.78 is 10.9. The third kappa shape index (κ3) is 4.22. The number of carbonyl (C=O) groups is 1. The molecule has 0 fully saturated rings. The number of hydrogen-bond acceptors (Lipinski definition) is 3. The van der Waals surface area contributed by atoms with Crippen molar-refractivity contribution in [2.24, 2.45) is 0 Å². The molecule has 0 saturated carbocycles. The van der Waals surface area contributed by atoms with E-state index >= 15 is 0 Å². The number of halogens is 1. The van der Waals surface area contributed by atoms with Gasteiger partial charge < -0.3 is 9.47 Å². The molecule has 0 unspecified atom stereocenters. The van der Waals surface area contributed by atoms with Crippen LogP contribution in [0.3, 0.4) is 0 Å². The van der Waals surface area contributed by atoms with Crippen LogP contribution >= 0.6 is 11.6 Å². The molecule has 0 N–H and O–H groups in total. The minimum atomic E-state index is -0.530. The molecule has 0 bridgehead atoms. The summed E-state index contributed by atoms with van der Waals surface area (Å²) in [5.74, 6) is 0.276. The molecule has 0 radical (unpaired) electrons. The molecule has 0 spiro atoms. The van der Waals surface area contributed by atoms with Crippen LogP contribution in [0, 0.1) is 0 Å². The molecule has 3 nitrogen and oxygen atoms in total. The fourth-order valence-corrected chi connectivity index (χ4v) is 3.45. The van der Waals surface area contributed by atoms with Crippen LogP contribution in [0.5, 0.6) is 11.5 Å². The fraction of sp³-hybridized carbons (Fsp3) is 0.0385. The van der Waals surface area contributed by atoms with Gasteiger partial charge in [0.15, 0.2) is 11.5 Å². The van der Waals surface area contributed by atoms with Crippen LogP contribution in [0.1, 0.15) is 21.5 Å². The number of ether oxygens (including phenoxy) is 2. The maximum absolute atomic E-state index is 12.4. The smallest absolute Gasteiger partial charge is 0.345 e. The van der Waals surface area contributed by atoms with E-state index in [2.05, 4.69) is 30.3 Å². The van der Waals surface area contributed by atoms with Crippen LogP contribution in [-0.2, 0) is 0 Å². The second kappa shape index (κ2) is 8.85. The van der Waals surface area contributed by atoms with Crippen molar-refractivity contribution in [3.8, 4) is 11.5 Å². The standard InChI is InChI=1S/C26H19ClO3/c1-29-25-17-18(13-15-20-9-6-8-19-7-2-3-10-21(19)20)14-16-24(25)30-26(28)22-11-4-5-12-23(22)27/h2-17H,1H3. The number of benzene rings is 4. The Morgan fingerprint density at radius 1 is 0.833 bits per heavy atom. The van der Waals surface area contributed by atoms with Crippen molar-refractivity contribution in [1.82, 2.24) is 0 Å². The van der Waals surface area contributed by atoms with Gasteiger partial charge in [-0.3, -0.25) is 0 Å². The van der Waals surface area contributed by atoms with Crippen molar-refractivity contribution in [1.29, 1.82) is 0 Å². The molecule has 4 aromatic rings. The normalized spacial score (nSPS) is 11.0. The first kappa shape index (κ1) is 19.7. The topological polar surface area (TPSA) is 35.5 Å². The molecule has 0 aliphatic heterocycles. The summed E-state index contributed by atoms with van der Waals surface area (Å²) in [5.41, 5.74) is 2.36. The van der Waals surface area contributed by atoms with E-state index in [-0.39, 0.29) is 0 Å². The summed E-state index contributed by atoms with van der Waals surface area (Å²) >= 11 is 6.08. The van der Waals surface area contributed by atoms with Gasteiger partial charge in [0, 0.05) is 0 Å².